The van der Waals surface area contributed by atoms with Gasteiger partial charge in [-0.05, 0) is 30.7 Å². The minimum Gasteiger partial charge on any atom is -0.271 e. The molecule has 84 valence electrons. The molecule has 3 atom stereocenters. The molecule has 1 aliphatic rings. The van der Waals surface area contributed by atoms with Gasteiger partial charge in [0.2, 0.25) is 0 Å². The quantitative estimate of drug-likeness (QED) is 0.582. The smallest absolute Gasteiger partial charge is 0.0657 e. The van der Waals surface area contributed by atoms with Crippen molar-refractivity contribution in [2.24, 2.45) is 24.7 Å². The number of hydrogen-bond donors (Lipinski definition) is 2. The normalized spacial score (nSPS) is 28.2. The molecule has 0 radical (unpaired) electrons. The van der Waals surface area contributed by atoms with E-state index < -0.39 is 0 Å². The molecule has 0 aliphatic heterocycles. The summed E-state index contributed by atoms with van der Waals surface area (Å²) in [5.41, 5.74) is 4.14. The second-order valence-corrected chi connectivity index (χ2v) is 4.70. The number of hydrazine groups is 1. The Morgan fingerprint density at radius 2 is 2.40 bits per heavy atom. The topological polar surface area (TPSA) is 55.9 Å². The van der Waals surface area contributed by atoms with Gasteiger partial charge in [-0.2, -0.15) is 5.10 Å². The van der Waals surface area contributed by atoms with Gasteiger partial charge in [0.05, 0.1) is 11.7 Å². The van der Waals surface area contributed by atoms with E-state index in [-0.39, 0.29) is 6.04 Å². The summed E-state index contributed by atoms with van der Waals surface area (Å²) >= 11 is 0. The first-order chi connectivity index (χ1) is 7.22. The fourth-order valence-electron chi connectivity index (χ4n) is 2.71. The Bertz CT molecular complexity index is 320. The highest BCUT2D eigenvalue weighted by molar-refractivity contribution is 5.08. The molecule has 0 aromatic carbocycles. The third-order valence-corrected chi connectivity index (χ3v) is 3.56. The van der Waals surface area contributed by atoms with Crippen LogP contribution < -0.4 is 11.3 Å². The summed E-state index contributed by atoms with van der Waals surface area (Å²) in [5, 5.41) is 4.20. The van der Waals surface area contributed by atoms with Crippen LogP contribution in [0.5, 0.6) is 0 Å². The number of aromatic nitrogens is 2. The van der Waals surface area contributed by atoms with E-state index in [0.717, 1.165) is 5.92 Å². The Hall–Kier alpha value is -0.870. The molecule has 3 N–H and O–H groups in total. The molecule has 1 aromatic heterocycles. The fourth-order valence-corrected chi connectivity index (χ4v) is 2.71. The minimum atomic E-state index is 0.252. The van der Waals surface area contributed by atoms with E-state index >= 15 is 0 Å². The van der Waals surface area contributed by atoms with Crippen molar-refractivity contribution in [2.75, 3.05) is 0 Å². The van der Waals surface area contributed by atoms with Gasteiger partial charge in [-0.15, -0.1) is 0 Å². The predicted octanol–water partition coefficient (Wildman–Crippen LogP) is 1.36. The molecule has 1 saturated carbocycles. The summed E-state index contributed by atoms with van der Waals surface area (Å²) in [5.74, 6) is 7.15. The zero-order valence-electron chi connectivity index (χ0n) is 9.48. The van der Waals surface area contributed by atoms with Crippen molar-refractivity contribution in [3.8, 4) is 0 Å². The lowest BCUT2D eigenvalue weighted by atomic mass is 9.95. The van der Waals surface area contributed by atoms with Crippen LogP contribution in [0.1, 0.15) is 37.9 Å². The van der Waals surface area contributed by atoms with Crippen LogP contribution in [0.3, 0.4) is 0 Å². The summed E-state index contributed by atoms with van der Waals surface area (Å²) in [7, 11) is 1.97. The van der Waals surface area contributed by atoms with E-state index in [0.29, 0.717) is 5.92 Å². The number of nitrogens with one attached hydrogen (secondary N) is 1. The van der Waals surface area contributed by atoms with Crippen LogP contribution in [0, 0.1) is 11.8 Å². The van der Waals surface area contributed by atoms with Gasteiger partial charge in [0.15, 0.2) is 0 Å². The average molecular weight is 208 g/mol. The molecule has 2 rings (SSSR count). The minimum absolute atomic E-state index is 0.252. The fraction of sp³-hybridized carbons (Fsp3) is 0.727. The summed E-state index contributed by atoms with van der Waals surface area (Å²) in [6, 6.07) is 2.30. The van der Waals surface area contributed by atoms with E-state index in [4.69, 9.17) is 5.84 Å². The Kier molecular flexibility index (Phi) is 3.07. The first-order valence-electron chi connectivity index (χ1n) is 5.66. The molecule has 1 aromatic rings. The molecule has 3 unspecified atom stereocenters. The lowest BCUT2D eigenvalue weighted by Gasteiger charge is -2.22. The zero-order valence-corrected chi connectivity index (χ0v) is 9.48. The van der Waals surface area contributed by atoms with E-state index in [9.17, 15) is 0 Å². The highest BCUT2D eigenvalue weighted by atomic mass is 15.3. The van der Waals surface area contributed by atoms with Gasteiger partial charge < -0.3 is 0 Å². The number of nitrogens with zero attached hydrogens (tertiary/aromatic N) is 2. The maximum Gasteiger partial charge on any atom is 0.0657 e. The Labute approximate surface area is 90.8 Å². The van der Waals surface area contributed by atoms with Crippen LogP contribution in [0.15, 0.2) is 12.3 Å². The van der Waals surface area contributed by atoms with Crippen molar-refractivity contribution < 1.29 is 0 Å². The largest absolute Gasteiger partial charge is 0.271 e. The maximum atomic E-state index is 5.67. The maximum absolute atomic E-state index is 5.67. The molecule has 0 saturated heterocycles. The first-order valence-corrected chi connectivity index (χ1v) is 5.66. The Balaban J connectivity index is 2.14. The van der Waals surface area contributed by atoms with Crippen molar-refractivity contribution in [2.45, 2.75) is 32.2 Å². The van der Waals surface area contributed by atoms with Crippen LogP contribution in [0.4, 0.5) is 0 Å². The van der Waals surface area contributed by atoms with Gasteiger partial charge in [0.25, 0.3) is 0 Å². The van der Waals surface area contributed by atoms with E-state index in [1.165, 1.54) is 25.0 Å². The molecular weight excluding hydrogens is 188 g/mol. The molecule has 4 nitrogen and oxygen atoms in total. The van der Waals surface area contributed by atoms with Gasteiger partial charge >= 0.3 is 0 Å². The van der Waals surface area contributed by atoms with E-state index in [2.05, 4.69) is 17.4 Å². The van der Waals surface area contributed by atoms with Gasteiger partial charge in [0.1, 0.15) is 0 Å². The van der Waals surface area contributed by atoms with Crippen molar-refractivity contribution in [3.05, 3.63) is 18.0 Å². The molecule has 1 aliphatic carbocycles. The monoisotopic (exact) mass is 208 g/mol. The van der Waals surface area contributed by atoms with Crippen LogP contribution in [-0.4, -0.2) is 9.78 Å². The number of nitrogens with two attached hydrogens (primary N) is 1. The molecule has 15 heavy (non-hydrogen) atoms. The van der Waals surface area contributed by atoms with Crippen molar-refractivity contribution in [3.63, 3.8) is 0 Å². The molecule has 1 fully saturated rings. The van der Waals surface area contributed by atoms with Crippen LogP contribution in [0.2, 0.25) is 0 Å². The van der Waals surface area contributed by atoms with Crippen molar-refractivity contribution >= 4 is 0 Å². The molecular formula is C11H20N4. The van der Waals surface area contributed by atoms with Crippen LogP contribution >= 0.6 is 0 Å². The second-order valence-electron chi connectivity index (χ2n) is 4.70. The zero-order chi connectivity index (χ0) is 10.8. The number of rotatable bonds is 3. The summed E-state index contributed by atoms with van der Waals surface area (Å²) in [6.07, 6.45) is 5.68. The van der Waals surface area contributed by atoms with Crippen molar-refractivity contribution in [1.29, 1.82) is 0 Å². The number of hydrogen-bond acceptors (Lipinski definition) is 3. The molecule has 0 amide bonds. The van der Waals surface area contributed by atoms with Crippen molar-refractivity contribution in [1.82, 2.24) is 15.2 Å². The lowest BCUT2D eigenvalue weighted by molar-refractivity contribution is 0.347. The van der Waals surface area contributed by atoms with E-state index in [1.807, 2.05) is 24.0 Å². The molecule has 4 heteroatoms. The molecule has 0 spiro atoms. The standard InChI is InChI=1S/C11H20N4/c1-8-3-4-9(7-8)11(14-12)10-5-6-13-15(10)2/h5-6,8-9,11,14H,3-4,7,12H2,1-2H3. The molecule has 0 bridgehead atoms. The first kappa shape index (κ1) is 10.6. The summed E-state index contributed by atoms with van der Waals surface area (Å²) in [6.45, 7) is 2.32. The molecule has 1 heterocycles. The summed E-state index contributed by atoms with van der Waals surface area (Å²) in [4.78, 5) is 0. The highest BCUT2D eigenvalue weighted by Gasteiger charge is 2.30. The van der Waals surface area contributed by atoms with Gasteiger partial charge in [-0.3, -0.25) is 16.0 Å². The van der Waals surface area contributed by atoms with Crippen LogP contribution in [-0.2, 0) is 7.05 Å². The van der Waals surface area contributed by atoms with E-state index in [1.54, 1.807) is 0 Å². The predicted molar refractivity (Wildman–Crippen MR) is 59.8 cm³/mol. The van der Waals surface area contributed by atoms with Gasteiger partial charge in [0, 0.05) is 13.2 Å². The Morgan fingerprint density at radius 3 is 2.87 bits per heavy atom. The van der Waals surface area contributed by atoms with Gasteiger partial charge in [-0.25, -0.2) is 0 Å². The average Bonchev–Trinajstić information content (AvgIpc) is 2.79. The number of aryl methyl sites for hydroxylation is 1. The van der Waals surface area contributed by atoms with Crippen LogP contribution in [0.25, 0.3) is 0 Å². The lowest BCUT2D eigenvalue weighted by Crippen LogP contribution is -2.34. The third-order valence-electron chi connectivity index (χ3n) is 3.56. The summed E-state index contributed by atoms with van der Waals surface area (Å²) < 4.78 is 1.91. The second kappa shape index (κ2) is 4.33. The SMILES string of the molecule is CC1CCC(C(NN)c2ccnn2C)C1. The third kappa shape index (κ3) is 2.06. The highest BCUT2D eigenvalue weighted by Crippen LogP contribution is 2.38. The van der Waals surface area contributed by atoms with Gasteiger partial charge in [-0.1, -0.05) is 13.3 Å². The Morgan fingerprint density at radius 1 is 1.60 bits per heavy atom.